The van der Waals surface area contributed by atoms with Crippen molar-refractivity contribution in [2.75, 3.05) is 39.9 Å². The summed E-state index contributed by atoms with van der Waals surface area (Å²) in [6.45, 7) is 11.5. The number of aromatic nitrogens is 2. The summed E-state index contributed by atoms with van der Waals surface area (Å²) in [5, 5.41) is 11.2. The van der Waals surface area contributed by atoms with Gasteiger partial charge in [0.15, 0.2) is 5.96 Å². The second-order valence-corrected chi connectivity index (χ2v) is 6.83. The summed E-state index contributed by atoms with van der Waals surface area (Å²) in [5.74, 6) is 1.08. The molecule has 160 valence electrons. The van der Waals surface area contributed by atoms with Gasteiger partial charge < -0.3 is 20.3 Å². The van der Waals surface area contributed by atoms with Crippen LogP contribution >= 0.6 is 24.0 Å². The third kappa shape index (κ3) is 7.23. The van der Waals surface area contributed by atoms with Gasteiger partial charge in [-0.05, 0) is 33.6 Å². The second kappa shape index (κ2) is 13.0. The van der Waals surface area contributed by atoms with Crippen molar-refractivity contribution in [3.8, 4) is 0 Å². The molecule has 0 spiro atoms. The molecule has 0 bridgehead atoms. The second-order valence-electron chi connectivity index (χ2n) is 6.83. The lowest BCUT2D eigenvalue weighted by atomic mass is 10.2. The SMILES string of the molecule is CCNC(=NCc1c(C)nn(CCOC)c1C)NCCCN1CCCC1=O.I. The number of amides is 1. The molecule has 0 atom stereocenters. The number of nitrogens with one attached hydrogen (secondary N) is 2. The van der Waals surface area contributed by atoms with Gasteiger partial charge in [-0.3, -0.25) is 9.48 Å². The molecule has 0 radical (unpaired) electrons. The van der Waals surface area contributed by atoms with Crippen LogP contribution in [0.1, 0.15) is 43.1 Å². The van der Waals surface area contributed by atoms with Crippen molar-refractivity contribution in [2.24, 2.45) is 4.99 Å². The number of aliphatic imine (C=N–C) groups is 1. The molecule has 1 aliphatic heterocycles. The third-order valence-corrected chi connectivity index (χ3v) is 4.85. The summed E-state index contributed by atoms with van der Waals surface area (Å²) in [6.07, 6.45) is 2.62. The predicted octanol–water partition coefficient (Wildman–Crippen LogP) is 1.83. The van der Waals surface area contributed by atoms with E-state index < -0.39 is 0 Å². The van der Waals surface area contributed by atoms with Crippen LogP contribution in [0.2, 0.25) is 0 Å². The maximum atomic E-state index is 11.6. The quantitative estimate of drug-likeness (QED) is 0.219. The van der Waals surface area contributed by atoms with Gasteiger partial charge in [-0.25, -0.2) is 4.99 Å². The van der Waals surface area contributed by atoms with Crippen molar-refractivity contribution in [3.63, 3.8) is 0 Å². The Kier molecular flexibility index (Phi) is 11.4. The van der Waals surface area contributed by atoms with Gasteiger partial charge in [0.2, 0.25) is 5.91 Å². The molecule has 8 nitrogen and oxygen atoms in total. The summed E-state index contributed by atoms with van der Waals surface area (Å²) in [4.78, 5) is 18.3. The lowest BCUT2D eigenvalue weighted by molar-refractivity contribution is -0.127. The molecule has 0 unspecified atom stereocenters. The fraction of sp³-hybridized carbons (Fsp3) is 0.737. The van der Waals surface area contributed by atoms with Crippen LogP contribution in [0.25, 0.3) is 0 Å². The molecule has 1 amide bonds. The Bertz CT molecular complexity index is 647. The number of rotatable bonds is 10. The minimum Gasteiger partial charge on any atom is -0.383 e. The van der Waals surface area contributed by atoms with Crippen LogP contribution in [-0.2, 0) is 22.6 Å². The first-order chi connectivity index (χ1) is 13.1. The van der Waals surface area contributed by atoms with Gasteiger partial charge in [-0.2, -0.15) is 5.10 Å². The molecule has 0 aliphatic carbocycles. The van der Waals surface area contributed by atoms with Gasteiger partial charge in [0.05, 0.1) is 25.4 Å². The molecule has 2 heterocycles. The molecule has 9 heteroatoms. The van der Waals surface area contributed by atoms with Crippen molar-refractivity contribution < 1.29 is 9.53 Å². The Hall–Kier alpha value is -1.36. The summed E-state index contributed by atoms with van der Waals surface area (Å²) in [6, 6.07) is 0. The van der Waals surface area contributed by atoms with Crippen LogP contribution in [0.3, 0.4) is 0 Å². The van der Waals surface area contributed by atoms with Gasteiger partial charge in [0.25, 0.3) is 0 Å². The first-order valence-corrected chi connectivity index (χ1v) is 9.88. The number of hydrogen-bond acceptors (Lipinski definition) is 4. The molecule has 2 rings (SSSR count). The summed E-state index contributed by atoms with van der Waals surface area (Å²) in [5.41, 5.74) is 3.30. The van der Waals surface area contributed by atoms with Gasteiger partial charge in [-0.15, -0.1) is 24.0 Å². The molecule has 1 aliphatic rings. The molecule has 0 saturated carbocycles. The lowest BCUT2D eigenvalue weighted by Gasteiger charge is -2.16. The molecular formula is C19H35IN6O2. The largest absolute Gasteiger partial charge is 0.383 e. The van der Waals surface area contributed by atoms with E-state index in [-0.39, 0.29) is 29.9 Å². The average molecular weight is 506 g/mol. The van der Waals surface area contributed by atoms with E-state index in [0.717, 1.165) is 68.5 Å². The monoisotopic (exact) mass is 506 g/mol. The molecule has 2 N–H and O–H groups in total. The topological polar surface area (TPSA) is 83.8 Å². The number of methoxy groups -OCH3 is 1. The van der Waals surface area contributed by atoms with Crippen LogP contribution in [0.4, 0.5) is 0 Å². The minimum absolute atomic E-state index is 0. The zero-order valence-corrected chi connectivity index (χ0v) is 19.9. The van der Waals surface area contributed by atoms with Gasteiger partial charge in [-0.1, -0.05) is 0 Å². The summed E-state index contributed by atoms with van der Waals surface area (Å²) < 4.78 is 7.13. The third-order valence-electron chi connectivity index (χ3n) is 4.85. The Morgan fingerprint density at radius 3 is 2.71 bits per heavy atom. The maximum absolute atomic E-state index is 11.6. The smallest absolute Gasteiger partial charge is 0.222 e. The number of hydrogen-bond donors (Lipinski definition) is 2. The van der Waals surface area contributed by atoms with E-state index in [1.54, 1.807) is 7.11 Å². The summed E-state index contributed by atoms with van der Waals surface area (Å²) >= 11 is 0. The molecule has 1 aromatic heterocycles. The van der Waals surface area contributed by atoms with Crippen LogP contribution in [0, 0.1) is 13.8 Å². The van der Waals surface area contributed by atoms with Crippen molar-refractivity contribution in [2.45, 2.75) is 53.1 Å². The van der Waals surface area contributed by atoms with E-state index in [1.807, 2.05) is 16.5 Å². The van der Waals surface area contributed by atoms with Crippen LogP contribution in [-0.4, -0.2) is 66.4 Å². The van der Waals surface area contributed by atoms with Crippen molar-refractivity contribution in [1.82, 2.24) is 25.3 Å². The van der Waals surface area contributed by atoms with Crippen molar-refractivity contribution >= 4 is 35.8 Å². The Morgan fingerprint density at radius 2 is 2.07 bits per heavy atom. The number of likely N-dealkylation sites (tertiary alicyclic amines) is 1. The molecule has 1 saturated heterocycles. The van der Waals surface area contributed by atoms with E-state index in [0.29, 0.717) is 19.6 Å². The first kappa shape index (κ1) is 24.7. The molecule has 1 aromatic rings. The highest BCUT2D eigenvalue weighted by Gasteiger charge is 2.19. The zero-order valence-electron chi connectivity index (χ0n) is 17.6. The molecule has 1 fully saturated rings. The van der Waals surface area contributed by atoms with E-state index in [2.05, 4.69) is 29.6 Å². The van der Waals surface area contributed by atoms with Gasteiger partial charge in [0, 0.05) is 51.0 Å². The van der Waals surface area contributed by atoms with Crippen molar-refractivity contribution in [1.29, 1.82) is 0 Å². The Balaban J connectivity index is 0.00000392. The van der Waals surface area contributed by atoms with E-state index >= 15 is 0 Å². The number of aryl methyl sites for hydroxylation is 1. The van der Waals surface area contributed by atoms with Crippen LogP contribution in [0.15, 0.2) is 4.99 Å². The standard InChI is InChI=1S/C19H34N6O2.HI/c1-5-20-19(21-9-7-11-24-10-6-8-18(24)26)22-14-17-15(2)23-25(16(17)3)12-13-27-4;/h5-14H2,1-4H3,(H2,20,21,22);1H. The average Bonchev–Trinajstić information content (AvgIpc) is 3.17. The van der Waals surface area contributed by atoms with Crippen LogP contribution in [0.5, 0.6) is 0 Å². The number of ether oxygens (including phenoxy) is 1. The summed E-state index contributed by atoms with van der Waals surface area (Å²) in [7, 11) is 1.70. The van der Waals surface area contributed by atoms with Crippen LogP contribution < -0.4 is 10.6 Å². The molecule has 28 heavy (non-hydrogen) atoms. The Labute approximate surface area is 185 Å². The highest BCUT2D eigenvalue weighted by molar-refractivity contribution is 14.0. The number of guanidine groups is 1. The van der Waals surface area contributed by atoms with E-state index in [4.69, 9.17) is 9.73 Å². The molecular weight excluding hydrogens is 471 g/mol. The van der Waals surface area contributed by atoms with E-state index in [9.17, 15) is 4.79 Å². The van der Waals surface area contributed by atoms with Gasteiger partial charge in [0.1, 0.15) is 0 Å². The van der Waals surface area contributed by atoms with Crippen molar-refractivity contribution in [3.05, 3.63) is 17.0 Å². The highest BCUT2D eigenvalue weighted by atomic mass is 127. The van der Waals surface area contributed by atoms with E-state index in [1.165, 1.54) is 0 Å². The fourth-order valence-electron chi connectivity index (χ4n) is 3.28. The fourth-order valence-corrected chi connectivity index (χ4v) is 3.28. The lowest BCUT2D eigenvalue weighted by Crippen LogP contribution is -2.39. The Morgan fingerprint density at radius 1 is 1.29 bits per heavy atom. The minimum atomic E-state index is 0. The number of carbonyl (C=O) groups excluding carboxylic acids is 1. The predicted molar refractivity (Wildman–Crippen MR) is 122 cm³/mol. The number of halogens is 1. The number of carbonyl (C=O) groups is 1. The first-order valence-electron chi connectivity index (χ1n) is 9.88. The number of nitrogens with zero attached hydrogens (tertiary/aromatic N) is 4. The zero-order chi connectivity index (χ0) is 19.6. The highest BCUT2D eigenvalue weighted by Crippen LogP contribution is 2.14. The van der Waals surface area contributed by atoms with Gasteiger partial charge >= 0.3 is 0 Å². The maximum Gasteiger partial charge on any atom is 0.222 e. The molecule has 0 aromatic carbocycles. The normalized spacial score (nSPS) is 14.4.